The summed E-state index contributed by atoms with van der Waals surface area (Å²) in [5.74, 6) is -0.402. The lowest BCUT2D eigenvalue weighted by molar-refractivity contribution is -0.0328. The third-order valence-electron chi connectivity index (χ3n) is 4.31. The van der Waals surface area contributed by atoms with Crippen molar-refractivity contribution in [2.45, 2.75) is 10.4 Å². The highest BCUT2D eigenvalue weighted by Crippen LogP contribution is 2.49. The van der Waals surface area contributed by atoms with Gasteiger partial charge in [-0.3, -0.25) is 0 Å². The summed E-state index contributed by atoms with van der Waals surface area (Å²) in [6.45, 7) is 0. The van der Waals surface area contributed by atoms with E-state index < -0.39 is 21.9 Å². The Kier molecular flexibility index (Phi) is 4.81. The van der Waals surface area contributed by atoms with E-state index in [2.05, 4.69) is 0 Å². The Bertz CT molecular complexity index is 1180. The van der Waals surface area contributed by atoms with Gasteiger partial charge >= 0.3 is 11.5 Å². The van der Waals surface area contributed by atoms with Gasteiger partial charge in [-0.15, -0.1) is 0 Å². The summed E-state index contributed by atoms with van der Waals surface area (Å²) in [5.41, 5.74) is -3.83. The van der Waals surface area contributed by atoms with Gasteiger partial charge in [0, 0.05) is 26.1 Å². The van der Waals surface area contributed by atoms with Gasteiger partial charge in [-0.25, -0.2) is 4.79 Å². The van der Waals surface area contributed by atoms with Crippen LogP contribution in [0, 0.1) is 0 Å². The first-order valence-electron chi connectivity index (χ1n) is 8.29. The lowest BCUT2D eigenvalue weighted by atomic mass is 10.1. The Hall–Kier alpha value is -2.51. The zero-order valence-electron chi connectivity index (χ0n) is 14.6. The summed E-state index contributed by atoms with van der Waals surface area (Å²) >= 11 is -0.117. The number of esters is 1. The van der Waals surface area contributed by atoms with Gasteiger partial charge in [0.15, 0.2) is 14.3 Å². The second-order valence-electron chi connectivity index (χ2n) is 6.02. The van der Waals surface area contributed by atoms with Gasteiger partial charge in [0.25, 0.3) is 0 Å². The molecule has 3 aromatic carbocycles. The minimum absolute atomic E-state index is 0.117. The molecule has 0 fully saturated rings. The summed E-state index contributed by atoms with van der Waals surface area (Å²) in [6.07, 6.45) is 0. The van der Waals surface area contributed by atoms with Crippen LogP contribution in [-0.4, -0.2) is 18.6 Å². The molecule has 0 spiro atoms. The molecule has 0 amide bonds. The van der Waals surface area contributed by atoms with E-state index in [0.717, 1.165) is 25.1 Å². The van der Waals surface area contributed by atoms with Crippen molar-refractivity contribution in [2.75, 3.05) is 7.11 Å². The smallest absolute Gasteiger partial charge is 0.446 e. The molecule has 4 rings (SSSR count). The normalized spacial score (nSPS) is 12.5. The van der Waals surface area contributed by atoms with E-state index >= 15 is 0 Å². The molecule has 0 saturated carbocycles. The van der Waals surface area contributed by atoms with Crippen LogP contribution >= 0.6 is 22.2 Å². The van der Waals surface area contributed by atoms with Gasteiger partial charge in [0.1, 0.15) is 0 Å². The van der Waals surface area contributed by atoms with Crippen molar-refractivity contribution in [3.63, 3.8) is 0 Å². The third-order valence-corrected chi connectivity index (χ3v) is 7.39. The average molecular weight is 419 g/mol. The molecule has 0 saturated heterocycles. The van der Waals surface area contributed by atoms with E-state index in [0.29, 0.717) is 5.56 Å². The average Bonchev–Trinajstić information content (AvgIpc) is 3.00. The van der Waals surface area contributed by atoms with Gasteiger partial charge in [-0.1, -0.05) is 12.1 Å². The second kappa shape index (κ2) is 7.14. The molecule has 0 aliphatic heterocycles. The monoisotopic (exact) mass is 419 g/mol. The van der Waals surface area contributed by atoms with Crippen LogP contribution in [0.1, 0.15) is 10.4 Å². The van der Waals surface area contributed by atoms with Crippen LogP contribution in [0.3, 0.4) is 0 Å². The molecule has 0 radical (unpaired) electrons. The minimum Gasteiger partial charge on any atom is -0.465 e. The number of thioether (sulfide) groups is 1. The van der Waals surface area contributed by atoms with Crippen LogP contribution in [0.4, 0.5) is 13.2 Å². The fraction of sp³-hybridized carbons (Fsp3) is 0.0952. The highest BCUT2D eigenvalue weighted by molar-refractivity contribution is 8.00. The van der Waals surface area contributed by atoms with Gasteiger partial charge < -0.3 is 4.74 Å². The maximum Gasteiger partial charge on any atom is 0.446 e. The molecule has 28 heavy (non-hydrogen) atoms. The first-order chi connectivity index (χ1) is 13.4. The molecule has 1 heterocycles. The number of hydrogen-bond acceptors (Lipinski definition) is 3. The Morgan fingerprint density at radius 2 is 1.61 bits per heavy atom. The fourth-order valence-corrected chi connectivity index (χ4v) is 6.08. The van der Waals surface area contributed by atoms with Crippen LogP contribution in [0.5, 0.6) is 0 Å². The van der Waals surface area contributed by atoms with Gasteiger partial charge in [-0.05, 0) is 66.4 Å². The summed E-state index contributed by atoms with van der Waals surface area (Å²) < 4.78 is 44.7. The number of ether oxygens (including phenoxy) is 1. The number of methoxy groups -OCH3 is 1. The highest BCUT2D eigenvalue weighted by atomic mass is 32.2. The van der Waals surface area contributed by atoms with E-state index in [4.69, 9.17) is 4.74 Å². The number of carbonyl (C=O) groups excluding carboxylic acids is 1. The third kappa shape index (κ3) is 3.47. The summed E-state index contributed by atoms with van der Waals surface area (Å²) in [6, 6.07) is 19.9. The van der Waals surface area contributed by atoms with Crippen molar-refractivity contribution >= 4 is 48.4 Å². The summed E-state index contributed by atoms with van der Waals surface area (Å²) in [5, 5.41) is 1.98. The van der Waals surface area contributed by atoms with E-state index in [1.807, 2.05) is 36.4 Å². The second-order valence-corrected chi connectivity index (χ2v) is 9.13. The van der Waals surface area contributed by atoms with Gasteiger partial charge in [0.2, 0.25) is 0 Å². The Labute approximate surface area is 165 Å². The SMILES string of the molecule is COC(=O)c1ccc2c(c1)c1ccccc1[s+]2-c1ccc(SC(F)(F)F)cc1. The highest BCUT2D eigenvalue weighted by Gasteiger charge is 2.30. The quantitative estimate of drug-likeness (QED) is 0.201. The lowest BCUT2D eigenvalue weighted by Gasteiger charge is -2.04. The maximum absolute atomic E-state index is 12.6. The van der Waals surface area contributed by atoms with E-state index in [-0.39, 0.29) is 16.7 Å². The Balaban J connectivity index is 1.89. The minimum atomic E-state index is -4.30. The van der Waals surface area contributed by atoms with Crippen molar-refractivity contribution in [1.82, 2.24) is 0 Å². The molecule has 4 aromatic rings. The van der Waals surface area contributed by atoms with Crippen molar-refractivity contribution in [3.05, 3.63) is 72.3 Å². The van der Waals surface area contributed by atoms with Crippen LogP contribution in [-0.2, 0) is 4.74 Å². The van der Waals surface area contributed by atoms with Crippen LogP contribution < -0.4 is 0 Å². The number of carbonyl (C=O) groups is 1. The molecule has 0 aliphatic carbocycles. The standard InChI is InChI=1S/C21H14F3O2S2/c1-26-20(25)13-6-11-19-17(12-13)16-4-2-3-5-18(16)28(19)15-9-7-14(8-10-15)27-21(22,23)24/h2-12H,1H3/q+1. The molecular formula is C21H14F3O2S2+. The van der Waals surface area contributed by atoms with Crippen LogP contribution in [0.15, 0.2) is 71.6 Å². The van der Waals surface area contributed by atoms with Crippen molar-refractivity contribution < 1.29 is 22.7 Å². The Morgan fingerprint density at radius 1 is 0.929 bits per heavy atom. The van der Waals surface area contributed by atoms with Crippen LogP contribution in [0.2, 0.25) is 0 Å². The van der Waals surface area contributed by atoms with E-state index in [1.165, 1.54) is 19.2 Å². The van der Waals surface area contributed by atoms with Gasteiger partial charge in [0.05, 0.1) is 12.7 Å². The number of hydrogen-bond donors (Lipinski definition) is 0. The molecule has 1 atom stereocenters. The molecular weight excluding hydrogens is 405 g/mol. The van der Waals surface area contributed by atoms with Crippen molar-refractivity contribution in [2.24, 2.45) is 0 Å². The molecule has 142 valence electrons. The predicted octanol–water partition coefficient (Wildman–Crippen LogP) is 7.13. The maximum atomic E-state index is 12.6. The van der Waals surface area contributed by atoms with Gasteiger partial charge in [-0.2, -0.15) is 13.2 Å². The molecule has 1 aromatic heterocycles. The zero-order chi connectivity index (χ0) is 19.9. The fourth-order valence-electron chi connectivity index (χ4n) is 3.18. The summed E-state index contributed by atoms with van der Waals surface area (Å²) in [7, 11) is 0.904. The number of thiophene rings is 1. The number of alkyl halides is 3. The molecule has 7 heteroatoms. The topological polar surface area (TPSA) is 26.3 Å². The summed E-state index contributed by atoms with van der Waals surface area (Å²) in [4.78, 5) is 13.0. The van der Waals surface area contributed by atoms with Crippen molar-refractivity contribution in [1.29, 1.82) is 0 Å². The number of fused-ring (bicyclic) bond motifs is 3. The first kappa shape index (κ1) is 18.8. The zero-order valence-corrected chi connectivity index (χ0v) is 16.3. The van der Waals surface area contributed by atoms with E-state index in [9.17, 15) is 18.0 Å². The number of halogens is 3. The molecule has 0 bridgehead atoms. The number of benzene rings is 3. The molecule has 0 aliphatic rings. The Morgan fingerprint density at radius 3 is 2.29 bits per heavy atom. The predicted molar refractivity (Wildman–Crippen MR) is 109 cm³/mol. The first-order valence-corrected chi connectivity index (χ1v) is 10.3. The molecule has 0 N–H and O–H groups in total. The lowest BCUT2D eigenvalue weighted by Crippen LogP contribution is -2.00. The molecule has 1 unspecified atom stereocenters. The van der Waals surface area contributed by atoms with E-state index in [1.54, 1.807) is 18.2 Å². The number of rotatable bonds is 3. The van der Waals surface area contributed by atoms with Crippen molar-refractivity contribution in [3.8, 4) is 4.90 Å². The van der Waals surface area contributed by atoms with Crippen LogP contribution in [0.25, 0.3) is 25.1 Å². The molecule has 2 nitrogen and oxygen atoms in total. The largest absolute Gasteiger partial charge is 0.465 e.